The summed E-state index contributed by atoms with van der Waals surface area (Å²) >= 11 is 0. The first kappa shape index (κ1) is 14.5. The van der Waals surface area contributed by atoms with E-state index in [9.17, 15) is 9.59 Å². The summed E-state index contributed by atoms with van der Waals surface area (Å²) in [4.78, 5) is 24.7. The molecule has 0 aromatic rings. The highest BCUT2D eigenvalue weighted by Gasteiger charge is 2.48. The van der Waals surface area contributed by atoms with Crippen LogP contribution in [0.2, 0.25) is 0 Å². The number of ketones is 1. The topological polar surface area (TPSA) is 52.6 Å². The van der Waals surface area contributed by atoms with E-state index in [-0.39, 0.29) is 11.8 Å². The highest BCUT2D eigenvalue weighted by molar-refractivity contribution is 6.04. The number of hydrogen-bond donors (Lipinski definition) is 0. The molecule has 1 aliphatic carbocycles. The molecule has 0 aromatic heterocycles. The zero-order chi connectivity index (χ0) is 13.7. The molecule has 1 heterocycles. The summed E-state index contributed by atoms with van der Waals surface area (Å²) in [7, 11) is 0. The normalized spacial score (nSPS) is 29.2. The Bertz CT molecular complexity index is 333. The number of carbonyl (C=O) groups is 2. The van der Waals surface area contributed by atoms with Crippen molar-refractivity contribution in [2.75, 3.05) is 19.8 Å². The van der Waals surface area contributed by atoms with Crippen LogP contribution < -0.4 is 0 Å². The van der Waals surface area contributed by atoms with E-state index in [0.29, 0.717) is 31.8 Å². The fourth-order valence-electron chi connectivity index (χ4n) is 3.32. The molecular weight excluding hydrogens is 244 g/mol. The van der Waals surface area contributed by atoms with Crippen LogP contribution >= 0.6 is 0 Å². The largest absolute Gasteiger partial charge is 0.465 e. The first-order valence-corrected chi connectivity index (χ1v) is 7.47. The number of ether oxygens (including phenoxy) is 2. The van der Waals surface area contributed by atoms with Crippen molar-refractivity contribution in [2.45, 2.75) is 51.9 Å². The van der Waals surface area contributed by atoms with Gasteiger partial charge in [-0.2, -0.15) is 0 Å². The lowest BCUT2D eigenvalue weighted by Gasteiger charge is -2.37. The molecule has 1 atom stereocenters. The van der Waals surface area contributed by atoms with Crippen LogP contribution in [0.5, 0.6) is 0 Å². The smallest absolute Gasteiger partial charge is 0.319 e. The Morgan fingerprint density at radius 2 is 2.11 bits per heavy atom. The molecular formula is C15H24O4. The fourth-order valence-corrected chi connectivity index (χ4v) is 3.32. The van der Waals surface area contributed by atoms with Crippen LogP contribution in [0.1, 0.15) is 51.9 Å². The quantitative estimate of drug-likeness (QED) is 0.580. The summed E-state index contributed by atoms with van der Waals surface area (Å²) in [6, 6.07) is 0. The maximum atomic E-state index is 12.4. The maximum absolute atomic E-state index is 12.4. The Balaban J connectivity index is 2.12. The van der Waals surface area contributed by atoms with Gasteiger partial charge in [-0.15, -0.1) is 0 Å². The summed E-state index contributed by atoms with van der Waals surface area (Å²) in [6.45, 7) is 3.64. The lowest BCUT2D eigenvalue weighted by molar-refractivity contribution is -0.164. The van der Waals surface area contributed by atoms with Gasteiger partial charge in [0.1, 0.15) is 11.2 Å². The van der Waals surface area contributed by atoms with E-state index in [1.807, 2.05) is 0 Å². The van der Waals surface area contributed by atoms with Gasteiger partial charge in [0.25, 0.3) is 0 Å². The Hall–Kier alpha value is -0.900. The second kappa shape index (κ2) is 6.51. The number of Topliss-reactive ketones (excluding diaryl/α,β-unsaturated/α-hetero) is 1. The van der Waals surface area contributed by atoms with Crippen LogP contribution in [0.4, 0.5) is 0 Å². The summed E-state index contributed by atoms with van der Waals surface area (Å²) in [5, 5.41) is 0. The summed E-state index contributed by atoms with van der Waals surface area (Å²) in [5.74, 6) is 0.232. The fraction of sp³-hybridized carbons (Fsp3) is 0.867. The third-order valence-corrected chi connectivity index (χ3v) is 4.44. The van der Waals surface area contributed by atoms with E-state index < -0.39 is 5.41 Å². The number of esters is 1. The molecule has 2 aliphatic rings. The van der Waals surface area contributed by atoms with Crippen molar-refractivity contribution in [3.8, 4) is 0 Å². The highest BCUT2D eigenvalue weighted by atomic mass is 16.5. The van der Waals surface area contributed by atoms with Crippen molar-refractivity contribution in [1.29, 1.82) is 0 Å². The zero-order valence-electron chi connectivity index (χ0n) is 11.8. The van der Waals surface area contributed by atoms with E-state index in [2.05, 4.69) is 0 Å². The molecule has 0 aromatic carbocycles. The molecule has 4 heteroatoms. The molecule has 0 bridgehead atoms. The van der Waals surface area contributed by atoms with E-state index >= 15 is 0 Å². The molecule has 4 nitrogen and oxygen atoms in total. The van der Waals surface area contributed by atoms with Crippen molar-refractivity contribution < 1.29 is 19.1 Å². The van der Waals surface area contributed by atoms with Gasteiger partial charge >= 0.3 is 5.97 Å². The number of rotatable bonds is 4. The standard InChI is InChI=1S/C15H24O4/c1-2-19-14(17)15(8-4-3-5-13(15)16)11-12-6-9-18-10-7-12/h12H,2-11H2,1H3. The second-order valence-corrected chi connectivity index (χ2v) is 5.69. The minimum atomic E-state index is -0.851. The van der Waals surface area contributed by atoms with Gasteiger partial charge in [-0.05, 0) is 44.9 Å². The predicted molar refractivity (Wildman–Crippen MR) is 70.7 cm³/mol. The van der Waals surface area contributed by atoms with E-state index in [1.165, 1.54) is 0 Å². The van der Waals surface area contributed by atoms with Crippen LogP contribution in [-0.4, -0.2) is 31.6 Å². The second-order valence-electron chi connectivity index (χ2n) is 5.69. The van der Waals surface area contributed by atoms with Crippen molar-refractivity contribution in [2.24, 2.45) is 11.3 Å². The third kappa shape index (κ3) is 3.16. The van der Waals surface area contributed by atoms with Crippen molar-refractivity contribution in [3.05, 3.63) is 0 Å². The predicted octanol–water partition coefficient (Wildman–Crippen LogP) is 2.50. The monoisotopic (exact) mass is 268 g/mol. The van der Waals surface area contributed by atoms with Crippen molar-refractivity contribution in [1.82, 2.24) is 0 Å². The van der Waals surface area contributed by atoms with Crippen molar-refractivity contribution in [3.63, 3.8) is 0 Å². The third-order valence-electron chi connectivity index (χ3n) is 4.44. The highest BCUT2D eigenvalue weighted by Crippen LogP contribution is 2.42. The zero-order valence-corrected chi connectivity index (χ0v) is 11.8. The van der Waals surface area contributed by atoms with Crippen molar-refractivity contribution >= 4 is 11.8 Å². The van der Waals surface area contributed by atoms with Crippen LogP contribution in [0.3, 0.4) is 0 Å². The molecule has 108 valence electrons. The molecule has 1 saturated heterocycles. The van der Waals surface area contributed by atoms with Crippen LogP contribution in [0.15, 0.2) is 0 Å². The number of carbonyl (C=O) groups excluding carboxylic acids is 2. The average Bonchev–Trinajstić information content (AvgIpc) is 2.43. The molecule has 1 unspecified atom stereocenters. The first-order chi connectivity index (χ1) is 9.19. The average molecular weight is 268 g/mol. The first-order valence-electron chi connectivity index (χ1n) is 7.47. The summed E-state index contributed by atoms with van der Waals surface area (Å²) in [5.41, 5.74) is -0.851. The Morgan fingerprint density at radius 1 is 1.37 bits per heavy atom. The van der Waals surface area contributed by atoms with Crippen LogP contribution in [-0.2, 0) is 19.1 Å². The summed E-state index contributed by atoms with van der Waals surface area (Å²) in [6.07, 6.45) is 5.63. The van der Waals surface area contributed by atoms with Crippen LogP contribution in [0.25, 0.3) is 0 Å². The van der Waals surface area contributed by atoms with Gasteiger partial charge in [-0.25, -0.2) is 0 Å². The van der Waals surface area contributed by atoms with Gasteiger partial charge in [0.2, 0.25) is 0 Å². The van der Waals surface area contributed by atoms with Gasteiger partial charge in [0.05, 0.1) is 6.61 Å². The van der Waals surface area contributed by atoms with E-state index in [4.69, 9.17) is 9.47 Å². The Morgan fingerprint density at radius 3 is 2.74 bits per heavy atom. The number of hydrogen-bond acceptors (Lipinski definition) is 4. The summed E-state index contributed by atoms with van der Waals surface area (Å²) < 4.78 is 10.6. The van der Waals surface area contributed by atoms with E-state index in [0.717, 1.165) is 38.9 Å². The van der Waals surface area contributed by atoms with Gasteiger partial charge in [-0.1, -0.05) is 6.42 Å². The molecule has 1 saturated carbocycles. The minimum absolute atomic E-state index is 0.101. The van der Waals surface area contributed by atoms with Gasteiger partial charge in [0, 0.05) is 19.6 Å². The lowest BCUT2D eigenvalue weighted by atomic mass is 9.67. The minimum Gasteiger partial charge on any atom is -0.465 e. The van der Waals surface area contributed by atoms with Gasteiger partial charge < -0.3 is 9.47 Å². The molecule has 19 heavy (non-hydrogen) atoms. The van der Waals surface area contributed by atoms with Crippen LogP contribution in [0, 0.1) is 11.3 Å². The molecule has 1 aliphatic heterocycles. The molecule has 0 amide bonds. The SMILES string of the molecule is CCOC(=O)C1(CC2CCOCC2)CCCCC1=O. The molecule has 0 N–H and O–H groups in total. The Kier molecular flexibility index (Phi) is 4.97. The lowest BCUT2D eigenvalue weighted by Crippen LogP contribution is -2.45. The molecule has 0 spiro atoms. The van der Waals surface area contributed by atoms with Gasteiger partial charge in [-0.3, -0.25) is 9.59 Å². The molecule has 0 radical (unpaired) electrons. The molecule has 2 rings (SSSR count). The Labute approximate surface area is 114 Å². The molecule has 2 fully saturated rings. The maximum Gasteiger partial charge on any atom is 0.319 e. The van der Waals surface area contributed by atoms with Gasteiger partial charge in [0.15, 0.2) is 0 Å². The van der Waals surface area contributed by atoms with E-state index in [1.54, 1.807) is 6.92 Å².